The summed E-state index contributed by atoms with van der Waals surface area (Å²) in [4.78, 5) is 0. The van der Waals surface area contributed by atoms with Gasteiger partial charge in [-0.1, -0.05) is 0 Å². The zero-order valence-corrected chi connectivity index (χ0v) is 21.5. The Morgan fingerprint density at radius 2 is 1.06 bits per heavy atom. The van der Waals surface area contributed by atoms with Gasteiger partial charge in [0.05, 0.1) is 0 Å². The van der Waals surface area contributed by atoms with Crippen LogP contribution >= 0.6 is 0 Å². The van der Waals surface area contributed by atoms with Gasteiger partial charge in [-0.05, 0) is 0 Å². The molecule has 0 aliphatic heterocycles. The number of fused-ring (bicyclic) bond motifs is 6. The van der Waals surface area contributed by atoms with E-state index in [9.17, 15) is 0 Å². The van der Waals surface area contributed by atoms with Crippen molar-refractivity contribution in [3.8, 4) is 0 Å². The second kappa shape index (κ2) is 8.70. The molecule has 31 heavy (non-hydrogen) atoms. The molecule has 0 radical (unpaired) electrons. The van der Waals surface area contributed by atoms with Crippen molar-refractivity contribution < 1.29 is 48.0 Å². The molecule has 0 bridgehead atoms. The normalized spacial score (nSPS) is 21.1. The van der Waals surface area contributed by atoms with Gasteiger partial charge in [0.2, 0.25) is 0 Å². The third kappa shape index (κ3) is 3.56. The summed E-state index contributed by atoms with van der Waals surface area (Å²) in [6, 6.07) is 14.1. The van der Waals surface area contributed by atoms with E-state index in [1.165, 1.54) is 33.4 Å². The first kappa shape index (κ1) is 22.5. The van der Waals surface area contributed by atoms with Crippen LogP contribution in [0.4, 0.5) is 0 Å². The third-order valence-electron chi connectivity index (χ3n) is 6.50. The average molecular weight is 521 g/mol. The van der Waals surface area contributed by atoms with Gasteiger partial charge >= 0.3 is 185 Å². The van der Waals surface area contributed by atoms with Crippen molar-refractivity contribution in [2.45, 2.75) is 25.7 Å². The first-order chi connectivity index (χ1) is 14.2. The largest absolute Gasteiger partial charge is 1.00 e. The number of hydrogen-bond donors (Lipinski definition) is 0. The number of rotatable bonds is 2. The SMILES string of the molecule is Cc1ccc2c(c1)[C]([Zr+2][C]1=C3C=CC=CC3c3ccc(C)cc31)=C1C=CC=CC12.[Cl-].[Cl-]. The first-order valence-corrected chi connectivity index (χ1v) is 12.8. The maximum atomic E-state index is 2.43. The summed E-state index contributed by atoms with van der Waals surface area (Å²) in [6.07, 6.45) is 18.4. The van der Waals surface area contributed by atoms with Gasteiger partial charge in [-0.25, -0.2) is 0 Å². The molecule has 0 N–H and O–H groups in total. The molecule has 4 aliphatic rings. The van der Waals surface area contributed by atoms with E-state index in [0.29, 0.717) is 11.8 Å². The molecule has 2 unspecified atom stereocenters. The van der Waals surface area contributed by atoms with Gasteiger partial charge in [-0.2, -0.15) is 0 Å². The molecule has 6 rings (SSSR count). The number of hydrogen-bond acceptors (Lipinski definition) is 0. The van der Waals surface area contributed by atoms with E-state index in [-0.39, 0.29) is 24.8 Å². The predicted molar refractivity (Wildman–Crippen MR) is 118 cm³/mol. The molecule has 0 saturated heterocycles. The maximum absolute atomic E-state index is 2.43. The molecular formula is C28H22Cl2Zr. The van der Waals surface area contributed by atoms with E-state index in [4.69, 9.17) is 0 Å². The van der Waals surface area contributed by atoms with E-state index in [2.05, 4.69) is 98.9 Å². The van der Waals surface area contributed by atoms with Crippen LogP contribution in [-0.4, -0.2) is 0 Å². The fourth-order valence-electron chi connectivity index (χ4n) is 5.13. The number of aryl methyl sites for hydroxylation is 2. The smallest absolute Gasteiger partial charge is 1.00 e. The van der Waals surface area contributed by atoms with E-state index < -0.39 is 23.2 Å². The van der Waals surface area contributed by atoms with Gasteiger partial charge in [0, 0.05) is 0 Å². The topological polar surface area (TPSA) is 0 Å². The van der Waals surface area contributed by atoms with Gasteiger partial charge in [0.1, 0.15) is 0 Å². The molecule has 4 aliphatic carbocycles. The van der Waals surface area contributed by atoms with Gasteiger partial charge in [-0.15, -0.1) is 0 Å². The van der Waals surface area contributed by atoms with Gasteiger partial charge in [0.15, 0.2) is 0 Å². The van der Waals surface area contributed by atoms with E-state index in [1.54, 1.807) is 17.7 Å². The van der Waals surface area contributed by atoms with Gasteiger partial charge in [-0.3, -0.25) is 0 Å². The van der Waals surface area contributed by atoms with Gasteiger partial charge < -0.3 is 24.8 Å². The average Bonchev–Trinajstić information content (AvgIpc) is 3.21. The van der Waals surface area contributed by atoms with Crippen molar-refractivity contribution >= 4 is 6.56 Å². The molecule has 0 spiro atoms. The monoisotopic (exact) mass is 518 g/mol. The Morgan fingerprint density at radius 3 is 1.52 bits per heavy atom. The number of halogens is 2. The molecule has 2 aromatic rings. The second-order valence-electron chi connectivity index (χ2n) is 8.41. The first-order valence-electron chi connectivity index (χ1n) is 10.4. The van der Waals surface area contributed by atoms with Crippen LogP contribution < -0.4 is 24.8 Å². The summed E-state index contributed by atoms with van der Waals surface area (Å²) in [5.41, 5.74) is 11.9. The Kier molecular flexibility index (Phi) is 6.33. The standard InChI is InChI=1S/2C14H11.2ClH.Zr/c2*1-10-6-7-14-12(8-10)9-11-4-2-3-5-13(11)14;;;/h2*2-8,13H,1H3;2*1H;/q;;;;+2/p-2. The molecule has 0 fully saturated rings. The minimum Gasteiger partial charge on any atom is -1.00 e. The predicted octanol–water partition coefficient (Wildman–Crippen LogP) is 0.963. The molecule has 0 amide bonds. The summed E-state index contributed by atoms with van der Waals surface area (Å²) >= 11 is -0.992. The Hall–Kier alpha value is -1.66. The molecule has 152 valence electrons. The zero-order valence-electron chi connectivity index (χ0n) is 17.5. The number of benzene rings is 2. The molecule has 0 heterocycles. The van der Waals surface area contributed by atoms with Crippen molar-refractivity contribution in [1.29, 1.82) is 0 Å². The van der Waals surface area contributed by atoms with E-state index in [0.717, 1.165) is 0 Å². The Morgan fingerprint density at radius 1 is 0.613 bits per heavy atom. The molecular weight excluding hydrogens is 498 g/mol. The quantitative estimate of drug-likeness (QED) is 0.554. The minimum atomic E-state index is -0.992. The van der Waals surface area contributed by atoms with E-state index >= 15 is 0 Å². The second-order valence-corrected chi connectivity index (χ2v) is 11.5. The summed E-state index contributed by atoms with van der Waals surface area (Å²) in [7, 11) is 0. The fourth-order valence-corrected chi connectivity index (χ4v) is 9.36. The van der Waals surface area contributed by atoms with Crippen molar-refractivity contribution in [2.75, 3.05) is 0 Å². The van der Waals surface area contributed by atoms with Crippen LogP contribution in [0.15, 0.2) is 96.2 Å². The summed E-state index contributed by atoms with van der Waals surface area (Å²) in [5.74, 6) is 0.904. The van der Waals surface area contributed by atoms with E-state index in [1.807, 2.05) is 0 Å². The van der Waals surface area contributed by atoms with Crippen LogP contribution in [0.1, 0.15) is 45.2 Å². The minimum absolute atomic E-state index is 0. The van der Waals surface area contributed by atoms with Crippen LogP contribution in [0.3, 0.4) is 0 Å². The van der Waals surface area contributed by atoms with Crippen LogP contribution in [0.5, 0.6) is 0 Å². The summed E-state index contributed by atoms with van der Waals surface area (Å²) in [6.45, 7) is 4.45. The summed E-state index contributed by atoms with van der Waals surface area (Å²) in [5, 5.41) is 0. The molecule has 3 heteroatoms. The molecule has 2 atom stereocenters. The molecule has 0 saturated carbocycles. The fraction of sp³-hybridized carbons (Fsp3) is 0.143. The molecule has 0 nitrogen and oxygen atoms in total. The van der Waals surface area contributed by atoms with Crippen LogP contribution in [0, 0.1) is 13.8 Å². The summed E-state index contributed by atoms with van der Waals surface area (Å²) < 4.78 is 3.35. The van der Waals surface area contributed by atoms with Gasteiger partial charge in [0.25, 0.3) is 0 Å². The van der Waals surface area contributed by atoms with Crippen LogP contribution in [-0.2, 0) is 23.2 Å². The Bertz CT molecular complexity index is 1160. The zero-order chi connectivity index (χ0) is 19.5. The molecule has 2 aromatic carbocycles. The third-order valence-corrected chi connectivity index (χ3v) is 10.5. The molecule has 0 aromatic heterocycles. The maximum Gasteiger partial charge on any atom is -1.00 e. The Balaban J connectivity index is 0.00000116. The van der Waals surface area contributed by atoms with Crippen LogP contribution in [0.25, 0.3) is 6.56 Å². The number of allylic oxidation sites excluding steroid dienone is 10. The van der Waals surface area contributed by atoms with Crippen LogP contribution in [0.2, 0.25) is 0 Å². The van der Waals surface area contributed by atoms with Crippen molar-refractivity contribution in [1.82, 2.24) is 0 Å². The van der Waals surface area contributed by atoms with Crippen molar-refractivity contribution in [3.63, 3.8) is 0 Å². The van der Waals surface area contributed by atoms with Crippen molar-refractivity contribution in [3.05, 3.63) is 130 Å². The Labute approximate surface area is 208 Å². The van der Waals surface area contributed by atoms with Crippen molar-refractivity contribution in [2.24, 2.45) is 0 Å².